The Morgan fingerprint density at radius 3 is 2.71 bits per heavy atom. The average Bonchev–Trinajstić information content (AvgIpc) is 3.48. The quantitative estimate of drug-likeness (QED) is 0.287. The van der Waals surface area contributed by atoms with Crippen LogP contribution >= 0.6 is 0 Å². The van der Waals surface area contributed by atoms with Crippen LogP contribution in [0.1, 0.15) is 39.6 Å². The van der Waals surface area contributed by atoms with E-state index in [1.54, 1.807) is 0 Å². The van der Waals surface area contributed by atoms with Crippen LogP contribution in [0.4, 0.5) is 0 Å². The molecule has 31 heavy (non-hydrogen) atoms. The van der Waals surface area contributed by atoms with Gasteiger partial charge in [0.1, 0.15) is 18.2 Å². The monoisotopic (exact) mass is 408 g/mol. The number of furan rings is 1. The SMILES string of the molecule is [2H]C([2H])(c1cc[n+](C)c(-c2c(C)ccc3c2oc2ccc4ccccc4c23)c1)C1CCCC1. The topological polar surface area (TPSA) is 17.0 Å². The van der Waals surface area contributed by atoms with E-state index in [4.69, 9.17) is 7.16 Å². The summed E-state index contributed by atoms with van der Waals surface area (Å²) >= 11 is 0. The van der Waals surface area contributed by atoms with E-state index in [2.05, 4.69) is 60.0 Å². The highest BCUT2D eigenvalue weighted by Crippen LogP contribution is 2.40. The van der Waals surface area contributed by atoms with Gasteiger partial charge in [0.2, 0.25) is 5.69 Å². The number of rotatable bonds is 3. The van der Waals surface area contributed by atoms with Crippen molar-refractivity contribution >= 4 is 32.7 Å². The molecule has 2 heterocycles. The van der Waals surface area contributed by atoms with Crippen molar-refractivity contribution in [2.24, 2.45) is 13.0 Å². The number of pyridine rings is 1. The lowest BCUT2D eigenvalue weighted by Gasteiger charge is -2.11. The number of aryl methyl sites for hydroxylation is 2. The molecule has 0 unspecified atom stereocenters. The zero-order valence-electron chi connectivity index (χ0n) is 20.1. The van der Waals surface area contributed by atoms with E-state index in [1.807, 2.05) is 25.4 Å². The molecule has 3 aromatic carbocycles. The summed E-state index contributed by atoms with van der Waals surface area (Å²) in [5.74, 6) is 0.0903. The predicted molar refractivity (Wildman–Crippen MR) is 128 cm³/mol. The van der Waals surface area contributed by atoms with Gasteiger partial charge >= 0.3 is 0 Å². The van der Waals surface area contributed by atoms with Gasteiger partial charge < -0.3 is 4.42 Å². The van der Waals surface area contributed by atoms with Gasteiger partial charge in [-0.2, -0.15) is 0 Å². The summed E-state index contributed by atoms with van der Waals surface area (Å²) in [7, 11) is 2.03. The fraction of sp³-hybridized carbons (Fsp3) is 0.276. The Balaban J connectivity index is 1.62. The normalized spacial score (nSPS) is 16.3. The molecule has 2 aromatic heterocycles. The number of hydrogen-bond acceptors (Lipinski definition) is 1. The Morgan fingerprint density at radius 1 is 1.00 bits per heavy atom. The number of hydrogen-bond donors (Lipinski definition) is 0. The third-order valence-corrected chi connectivity index (χ3v) is 6.87. The molecule has 1 aliphatic rings. The largest absolute Gasteiger partial charge is 0.455 e. The van der Waals surface area contributed by atoms with Crippen molar-refractivity contribution in [1.82, 2.24) is 0 Å². The van der Waals surface area contributed by atoms with Crippen LogP contribution < -0.4 is 4.57 Å². The molecule has 0 spiro atoms. The van der Waals surface area contributed by atoms with Gasteiger partial charge in [0.25, 0.3) is 0 Å². The van der Waals surface area contributed by atoms with Crippen LogP contribution in [0.15, 0.2) is 71.3 Å². The predicted octanol–water partition coefficient (Wildman–Crippen LogP) is 7.27. The second-order valence-corrected chi connectivity index (χ2v) is 8.93. The molecule has 154 valence electrons. The van der Waals surface area contributed by atoms with E-state index in [0.29, 0.717) is 0 Å². The summed E-state index contributed by atoms with van der Waals surface area (Å²) in [6.45, 7) is 2.11. The first-order chi connectivity index (χ1) is 15.9. The average molecular weight is 409 g/mol. The van der Waals surface area contributed by atoms with Gasteiger partial charge in [0.15, 0.2) is 6.20 Å². The first-order valence-corrected chi connectivity index (χ1v) is 11.3. The summed E-state index contributed by atoms with van der Waals surface area (Å²) < 4.78 is 26.4. The summed E-state index contributed by atoms with van der Waals surface area (Å²) in [5.41, 5.74) is 5.67. The van der Waals surface area contributed by atoms with Crippen LogP contribution in [0.25, 0.3) is 44.0 Å². The van der Waals surface area contributed by atoms with Crippen molar-refractivity contribution in [2.45, 2.75) is 39.0 Å². The first kappa shape index (κ1) is 16.5. The van der Waals surface area contributed by atoms with Crippen LogP contribution in [0, 0.1) is 12.8 Å². The van der Waals surface area contributed by atoms with E-state index < -0.39 is 6.37 Å². The highest BCUT2D eigenvalue weighted by atomic mass is 16.3. The fourth-order valence-electron chi connectivity index (χ4n) is 5.24. The summed E-state index contributed by atoms with van der Waals surface area (Å²) in [6.07, 6.45) is 4.86. The molecule has 0 radical (unpaired) electrons. The maximum atomic E-state index is 8.92. The highest BCUT2D eigenvalue weighted by Gasteiger charge is 2.23. The molecule has 1 aliphatic carbocycles. The van der Waals surface area contributed by atoms with Crippen molar-refractivity contribution in [2.75, 3.05) is 0 Å². The van der Waals surface area contributed by atoms with Crippen molar-refractivity contribution < 1.29 is 11.7 Å². The molecule has 2 heteroatoms. The minimum absolute atomic E-state index is 0.0903. The van der Waals surface area contributed by atoms with Gasteiger partial charge in [-0.15, -0.1) is 0 Å². The van der Waals surface area contributed by atoms with Gasteiger partial charge in [0.05, 0.1) is 5.56 Å². The van der Waals surface area contributed by atoms with Gasteiger partial charge in [-0.1, -0.05) is 68.1 Å². The molecule has 1 saturated carbocycles. The fourth-order valence-corrected chi connectivity index (χ4v) is 5.24. The molecule has 0 N–H and O–H groups in total. The molecule has 0 amide bonds. The third-order valence-electron chi connectivity index (χ3n) is 6.87. The highest BCUT2D eigenvalue weighted by molar-refractivity contribution is 6.20. The zero-order chi connectivity index (χ0) is 22.7. The molecule has 5 aromatic rings. The minimum Gasteiger partial charge on any atom is -0.455 e. The molecular formula is C29H28NO+. The molecule has 2 nitrogen and oxygen atoms in total. The first-order valence-electron chi connectivity index (χ1n) is 12.3. The van der Waals surface area contributed by atoms with Crippen molar-refractivity contribution in [3.63, 3.8) is 0 Å². The Bertz CT molecular complexity index is 1530. The Labute approximate surface area is 185 Å². The lowest BCUT2D eigenvalue weighted by atomic mass is 9.95. The van der Waals surface area contributed by atoms with Crippen LogP contribution in [-0.4, -0.2) is 0 Å². The maximum Gasteiger partial charge on any atom is 0.216 e. The van der Waals surface area contributed by atoms with Crippen LogP contribution in [0.5, 0.6) is 0 Å². The summed E-state index contributed by atoms with van der Waals surface area (Å²) in [4.78, 5) is 0. The second kappa shape index (κ2) is 7.23. The van der Waals surface area contributed by atoms with Crippen molar-refractivity contribution in [3.8, 4) is 11.3 Å². The van der Waals surface area contributed by atoms with Gasteiger partial charge in [-0.3, -0.25) is 0 Å². The van der Waals surface area contributed by atoms with Crippen molar-refractivity contribution in [1.29, 1.82) is 0 Å². The lowest BCUT2D eigenvalue weighted by molar-refractivity contribution is -0.660. The Kier molecular flexibility index (Phi) is 3.86. The number of fused-ring (bicyclic) bond motifs is 5. The third kappa shape index (κ3) is 3.05. The molecule has 1 fully saturated rings. The maximum absolute atomic E-state index is 8.92. The summed E-state index contributed by atoms with van der Waals surface area (Å²) in [5, 5.41) is 4.64. The van der Waals surface area contributed by atoms with Gasteiger partial charge in [-0.05, 0) is 47.2 Å². The minimum atomic E-state index is -1.33. The number of benzene rings is 3. The second-order valence-electron chi connectivity index (χ2n) is 8.93. The standard InChI is InChI=1S/C29H28NO/c1-19-11-13-24-28-23-10-6-5-9-22(23)12-14-26(28)31-29(24)27(19)25-18-21(15-16-30(25)2)17-20-7-3-4-8-20/h5-6,9-16,18,20H,3-4,7-8,17H2,1-2H3/q+1/i17D2. The van der Waals surface area contributed by atoms with Gasteiger partial charge in [0, 0.05) is 25.6 Å². The zero-order valence-corrected chi connectivity index (χ0v) is 18.1. The van der Waals surface area contributed by atoms with E-state index in [-0.39, 0.29) is 5.92 Å². The molecular weight excluding hydrogens is 378 g/mol. The molecule has 0 atom stereocenters. The number of aromatic nitrogens is 1. The van der Waals surface area contributed by atoms with E-state index >= 15 is 0 Å². The van der Waals surface area contributed by atoms with E-state index in [0.717, 1.165) is 70.0 Å². The van der Waals surface area contributed by atoms with Crippen LogP contribution in [0.2, 0.25) is 0 Å². The molecule has 6 rings (SSSR count). The van der Waals surface area contributed by atoms with Crippen LogP contribution in [0.3, 0.4) is 0 Å². The van der Waals surface area contributed by atoms with E-state index in [9.17, 15) is 0 Å². The molecule has 0 bridgehead atoms. The smallest absolute Gasteiger partial charge is 0.216 e. The molecule has 0 saturated heterocycles. The van der Waals surface area contributed by atoms with E-state index in [1.165, 1.54) is 10.8 Å². The molecule has 0 aliphatic heterocycles. The van der Waals surface area contributed by atoms with Gasteiger partial charge in [-0.25, -0.2) is 4.57 Å². The Morgan fingerprint density at radius 2 is 1.84 bits per heavy atom. The Hall–Kier alpha value is -3.13. The summed E-state index contributed by atoms with van der Waals surface area (Å²) in [6, 6.07) is 20.9. The van der Waals surface area contributed by atoms with Crippen LogP contribution in [-0.2, 0) is 13.4 Å². The van der Waals surface area contributed by atoms with Crippen molar-refractivity contribution in [3.05, 3.63) is 78.0 Å². The lowest BCUT2D eigenvalue weighted by Crippen LogP contribution is -2.31. The number of nitrogens with zero attached hydrogens (tertiary/aromatic N) is 1.